The molecule has 3 amide bonds. The van der Waals surface area contributed by atoms with E-state index >= 15 is 0 Å². The summed E-state index contributed by atoms with van der Waals surface area (Å²) in [7, 11) is 0. The maximum absolute atomic E-state index is 11.9. The van der Waals surface area contributed by atoms with Gasteiger partial charge in [-0.05, 0) is 45.6 Å². The molecule has 1 atom stereocenters. The number of rotatable bonds is 5. The van der Waals surface area contributed by atoms with Gasteiger partial charge in [-0.2, -0.15) is 0 Å². The highest BCUT2D eigenvalue weighted by Crippen LogP contribution is 2.16. The molecule has 0 aliphatic rings. The first-order valence-corrected chi connectivity index (χ1v) is 8.18. The first-order valence-electron chi connectivity index (χ1n) is 7.19. The summed E-state index contributed by atoms with van der Waals surface area (Å²) >= 11 is 1.63. The number of amides is 3. The molecule has 0 bridgehead atoms. The Balaban J connectivity index is 2.50. The zero-order valence-corrected chi connectivity index (χ0v) is 14.5. The van der Waals surface area contributed by atoms with Gasteiger partial charge in [-0.3, -0.25) is 4.79 Å². The topological polar surface area (TPSA) is 83.1 Å². The highest BCUT2D eigenvalue weighted by atomic mass is 32.2. The molecule has 22 heavy (non-hydrogen) atoms. The molecular formula is C15H24N4O2S. The molecule has 7 heteroatoms. The Labute approximate surface area is 135 Å². The van der Waals surface area contributed by atoms with E-state index in [0.29, 0.717) is 5.69 Å². The van der Waals surface area contributed by atoms with Crippen molar-refractivity contribution in [2.45, 2.75) is 51.2 Å². The molecule has 0 aliphatic carbocycles. The molecule has 0 aliphatic heterocycles. The Morgan fingerprint density at radius 3 is 2.50 bits per heavy atom. The molecule has 0 fully saturated rings. The summed E-state index contributed by atoms with van der Waals surface area (Å²) < 4.78 is 0. The number of nitrogens with one attached hydrogen (secondary N) is 3. The van der Waals surface area contributed by atoms with Crippen molar-refractivity contribution in [3.8, 4) is 0 Å². The number of thioether (sulfide) groups is 1. The third-order valence-electron chi connectivity index (χ3n) is 2.53. The zero-order valence-electron chi connectivity index (χ0n) is 13.7. The second-order valence-electron chi connectivity index (χ2n) is 5.88. The van der Waals surface area contributed by atoms with Crippen LogP contribution in [0.4, 0.5) is 10.5 Å². The molecule has 1 aromatic rings. The number of carbonyl (C=O) groups is 2. The minimum Gasteiger partial charge on any atom is -0.350 e. The average molecular weight is 324 g/mol. The van der Waals surface area contributed by atoms with E-state index in [9.17, 15) is 9.59 Å². The van der Waals surface area contributed by atoms with Gasteiger partial charge >= 0.3 is 6.03 Å². The van der Waals surface area contributed by atoms with Gasteiger partial charge in [0.15, 0.2) is 0 Å². The summed E-state index contributed by atoms with van der Waals surface area (Å²) in [6.45, 7) is 9.35. The van der Waals surface area contributed by atoms with E-state index < -0.39 is 12.1 Å². The number of hydrogen-bond acceptors (Lipinski definition) is 4. The molecule has 0 spiro atoms. The SMILES string of the molecule is CCSc1ccc(NC(=O)N[C@H](C)C(=O)NC(C)(C)C)cn1. The Hall–Kier alpha value is -1.76. The van der Waals surface area contributed by atoms with Crippen molar-refractivity contribution in [2.75, 3.05) is 11.1 Å². The van der Waals surface area contributed by atoms with Gasteiger partial charge in [-0.1, -0.05) is 6.92 Å². The van der Waals surface area contributed by atoms with Gasteiger partial charge in [-0.25, -0.2) is 9.78 Å². The third kappa shape index (κ3) is 6.80. The predicted octanol–water partition coefficient (Wildman–Crippen LogP) is 2.62. The second kappa shape index (κ2) is 8.03. The number of anilines is 1. The van der Waals surface area contributed by atoms with Crippen LogP contribution in [0.2, 0.25) is 0 Å². The van der Waals surface area contributed by atoms with Crippen LogP contribution in [0.3, 0.4) is 0 Å². The van der Waals surface area contributed by atoms with E-state index in [2.05, 4.69) is 27.9 Å². The van der Waals surface area contributed by atoms with Gasteiger partial charge < -0.3 is 16.0 Å². The van der Waals surface area contributed by atoms with Crippen molar-refractivity contribution in [1.82, 2.24) is 15.6 Å². The zero-order chi connectivity index (χ0) is 16.8. The number of hydrogen-bond donors (Lipinski definition) is 3. The minimum atomic E-state index is -0.623. The van der Waals surface area contributed by atoms with Crippen LogP contribution in [0.15, 0.2) is 23.4 Å². The van der Waals surface area contributed by atoms with Crippen LogP contribution in [-0.2, 0) is 4.79 Å². The van der Waals surface area contributed by atoms with E-state index in [1.807, 2.05) is 26.8 Å². The molecule has 0 unspecified atom stereocenters. The molecule has 1 heterocycles. The summed E-state index contributed by atoms with van der Waals surface area (Å²) in [6.07, 6.45) is 1.59. The van der Waals surface area contributed by atoms with Crippen molar-refractivity contribution < 1.29 is 9.59 Å². The largest absolute Gasteiger partial charge is 0.350 e. The van der Waals surface area contributed by atoms with Crippen LogP contribution >= 0.6 is 11.8 Å². The first kappa shape index (κ1) is 18.3. The first-order chi connectivity index (χ1) is 10.2. The molecule has 0 saturated carbocycles. The van der Waals surface area contributed by atoms with Gasteiger partial charge in [-0.15, -0.1) is 11.8 Å². The lowest BCUT2D eigenvalue weighted by atomic mass is 10.1. The fraction of sp³-hybridized carbons (Fsp3) is 0.533. The van der Waals surface area contributed by atoms with Crippen LogP contribution < -0.4 is 16.0 Å². The van der Waals surface area contributed by atoms with Crippen LogP contribution in [0.25, 0.3) is 0 Å². The van der Waals surface area contributed by atoms with Crippen molar-refractivity contribution in [3.05, 3.63) is 18.3 Å². The number of aromatic nitrogens is 1. The Bertz CT molecular complexity index is 511. The average Bonchev–Trinajstić information content (AvgIpc) is 2.39. The second-order valence-corrected chi connectivity index (χ2v) is 7.16. The smallest absolute Gasteiger partial charge is 0.319 e. The van der Waals surface area contributed by atoms with Crippen LogP contribution in [0, 0.1) is 0 Å². The Kier molecular flexibility index (Phi) is 6.67. The molecule has 6 nitrogen and oxygen atoms in total. The molecule has 1 rings (SSSR count). The lowest BCUT2D eigenvalue weighted by molar-refractivity contribution is -0.123. The Morgan fingerprint density at radius 2 is 2.00 bits per heavy atom. The molecule has 0 saturated heterocycles. The predicted molar refractivity (Wildman–Crippen MR) is 90.1 cm³/mol. The van der Waals surface area contributed by atoms with Crippen LogP contribution in [0.1, 0.15) is 34.6 Å². The minimum absolute atomic E-state index is 0.226. The quantitative estimate of drug-likeness (QED) is 0.727. The summed E-state index contributed by atoms with van der Waals surface area (Å²) in [5, 5.41) is 8.98. The monoisotopic (exact) mass is 324 g/mol. The molecule has 0 radical (unpaired) electrons. The Morgan fingerprint density at radius 1 is 1.32 bits per heavy atom. The van der Waals surface area contributed by atoms with Crippen molar-refractivity contribution in [2.24, 2.45) is 0 Å². The molecule has 1 aromatic heterocycles. The standard InChI is InChI=1S/C15H24N4O2S/c1-6-22-12-8-7-11(9-16-12)18-14(21)17-10(2)13(20)19-15(3,4)5/h7-10H,6H2,1-5H3,(H,19,20)(H2,17,18,21)/t10-/m1/s1. The summed E-state index contributed by atoms with van der Waals surface area (Å²) in [4.78, 5) is 28.0. The maximum atomic E-state index is 11.9. The van der Waals surface area contributed by atoms with E-state index in [4.69, 9.17) is 0 Å². The molecule has 122 valence electrons. The fourth-order valence-electron chi connectivity index (χ4n) is 1.59. The van der Waals surface area contributed by atoms with Gasteiger partial charge in [0, 0.05) is 5.54 Å². The normalized spacial score (nSPS) is 12.4. The van der Waals surface area contributed by atoms with Gasteiger partial charge in [0.2, 0.25) is 5.91 Å². The van der Waals surface area contributed by atoms with E-state index in [1.165, 1.54) is 0 Å². The third-order valence-corrected chi connectivity index (χ3v) is 3.35. The maximum Gasteiger partial charge on any atom is 0.319 e. The summed E-state index contributed by atoms with van der Waals surface area (Å²) in [5.41, 5.74) is 0.251. The van der Waals surface area contributed by atoms with Crippen molar-refractivity contribution in [1.29, 1.82) is 0 Å². The lowest BCUT2D eigenvalue weighted by Crippen LogP contribution is -2.51. The number of carbonyl (C=O) groups excluding carboxylic acids is 2. The van der Waals surface area contributed by atoms with Crippen LogP contribution in [0.5, 0.6) is 0 Å². The highest BCUT2D eigenvalue weighted by Gasteiger charge is 2.20. The van der Waals surface area contributed by atoms with E-state index in [-0.39, 0.29) is 11.4 Å². The lowest BCUT2D eigenvalue weighted by Gasteiger charge is -2.23. The van der Waals surface area contributed by atoms with Gasteiger partial charge in [0.05, 0.1) is 16.9 Å². The number of urea groups is 1. The van der Waals surface area contributed by atoms with Gasteiger partial charge in [0.25, 0.3) is 0 Å². The highest BCUT2D eigenvalue weighted by molar-refractivity contribution is 7.99. The number of nitrogens with zero attached hydrogens (tertiary/aromatic N) is 1. The molecule has 3 N–H and O–H groups in total. The summed E-state index contributed by atoms with van der Waals surface area (Å²) in [5.74, 6) is 0.719. The van der Waals surface area contributed by atoms with E-state index in [0.717, 1.165) is 10.8 Å². The van der Waals surface area contributed by atoms with Crippen molar-refractivity contribution in [3.63, 3.8) is 0 Å². The number of pyridine rings is 1. The van der Waals surface area contributed by atoms with Crippen molar-refractivity contribution >= 4 is 29.4 Å². The summed E-state index contributed by atoms with van der Waals surface area (Å²) in [6, 6.07) is 2.57. The van der Waals surface area contributed by atoms with E-state index in [1.54, 1.807) is 30.9 Å². The molecule has 0 aromatic carbocycles. The van der Waals surface area contributed by atoms with Gasteiger partial charge in [0.1, 0.15) is 6.04 Å². The molecular weight excluding hydrogens is 300 g/mol. The fourth-order valence-corrected chi connectivity index (χ4v) is 2.18. The van der Waals surface area contributed by atoms with Crippen LogP contribution in [-0.4, -0.2) is 34.3 Å².